The smallest absolute Gasteiger partial charge is 0.234 e. The molecule has 4 aromatic rings. The van der Waals surface area contributed by atoms with E-state index in [1.807, 2.05) is 41.0 Å². The summed E-state index contributed by atoms with van der Waals surface area (Å²) in [6.45, 7) is 0.400. The Hall–Kier alpha value is -3.46. The van der Waals surface area contributed by atoms with Crippen molar-refractivity contribution in [2.75, 3.05) is 11.1 Å². The number of thioether (sulfide) groups is 1. The number of nitrogens with zero attached hydrogens (tertiary/aromatic N) is 3. The summed E-state index contributed by atoms with van der Waals surface area (Å²) >= 11 is 1.19. The first kappa shape index (κ1) is 19.8. The molecular formula is C21H16F2N4O2S. The second-order valence-electron chi connectivity index (χ2n) is 6.30. The Morgan fingerprint density at radius 2 is 1.87 bits per heavy atom. The van der Waals surface area contributed by atoms with Gasteiger partial charge in [0, 0.05) is 17.3 Å². The molecule has 9 heteroatoms. The fourth-order valence-electron chi connectivity index (χ4n) is 2.80. The number of amides is 1. The van der Waals surface area contributed by atoms with Crippen molar-refractivity contribution in [2.24, 2.45) is 0 Å². The molecule has 6 nitrogen and oxygen atoms in total. The normalized spacial score (nSPS) is 10.9. The summed E-state index contributed by atoms with van der Waals surface area (Å²) in [5.74, 6) is -0.979. The van der Waals surface area contributed by atoms with Crippen LogP contribution < -0.4 is 5.32 Å². The van der Waals surface area contributed by atoms with Gasteiger partial charge in [-0.2, -0.15) is 0 Å². The van der Waals surface area contributed by atoms with Crippen LogP contribution in [-0.2, 0) is 11.3 Å². The molecule has 0 aliphatic carbocycles. The minimum absolute atomic E-state index is 0.0179. The van der Waals surface area contributed by atoms with Gasteiger partial charge >= 0.3 is 0 Å². The van der Waals surface area contributed by atoms with E-state index in [0.717, 1.165) is 23.5 Å². The second kappa shape index (κ2) is 8.91. The molecule has 0 fully saturated rings. The average Bonchev–Trinajstić information content (AvgIpc) is 3.40. The van der Waals surface area contributed by atoms with Gasteiger partial charge < -0.3 is 9.73 Å². The molecule has 0 unspecified atom stereocenters. The van der Waals surface area contributed by atoms with E-state index in [-0.39, 0.29) is 17.3 Å². The van der Waals surface area contributed by atoms with E-state index in [1.165, 1.54) is 17.8 Å². The number of benzene rings is 2. The largest absolute Gasteiger partial charge is 0.467 e. The summed E-state index contributed by atoms with van der Waals surface area (Å²) in [6.07, 6.45) is 1.59. The number of furan rings is 1. The third-order valence-electron chi connectivity index (χ3n) is 4.18. The van der Waals surface area contributed by atoms with Gasteiger partial charge in [-0.3, -0.25) is 9.36 Å². The zero-order valence-corrected chi connectivity index (χ0v) is 16.4. The number of carbonyl (C=O) groups is 1. The quantitative estimate of drug-likeness (QED) is 0.438. The first-order valence-electron chi connectivity index (χ1n) is 8.99. The molecule has 2 aromatic carbocycles. The van der Waals surface area contributed by atoms with Gasteiger partial charge in [-0.05, 0) is 24.3 Å². The summed E-state index contributed by atoms with van der Waals surface area (Å²) in [6, 6.07) is 16.4. The third-order valence-corrected chi connectivity index (χ3v) is 5.15. The van der Waals surface area contributed by atoms with E-state index in [9.17, 15) is 13.6 Å². The number of anilines is 1. The molecule has 0 aliphatic rings. The van der Waals surface area contributed by atoms with Gasteiger partial charge in [-0.1, -0.05) is 42.1 Å². The first-order chi connectivity index (χ1) is 14.6. The minimum atomic E-state index is -1.02. The fraction of sp³-hybridized carbons (Fsp3) is 0.0952. The maximum Gasteiger partial charge on any atom is 0.234 e. The maximum atomic E-state index is 13.3. The van der Waals surface area contributed by atoms with Crippen LogP contribution in [0.2, 0.25) is 0 Å². The summed E-state index contributed by atoms with van der Waals surface area (Å²) in [5, 5.41) is 11.6. The molecular weight excluding hydrogens is 410 g/mol. The Bertz CT molecular complexity index is 1150. The van der Waals surface area contributed by atoms with Gasteiger partial charge in [0.05, 0.1) is 18.6 Å². The molecule has 0 aliphatic heterocycles. The highest BCUT2D eigenvalue weighted by Crippen LogP contribution is 2.25. The average molecular weight is 426 g/mol. The van der Waals surface area contributed by atoms with Crippen molar-refractivity contribution in [3.8, 4) is 11.4 Å². The van der Waals surface area contributed by atoms with Crippen molar-refractivity contribution in [2.45, 2.75) is 11.7 Å². The van der Waals surface area contributed by atoms with Gasteiger partial charge in [0.15, 0.2) is 22.6 Å². The molecule has 2 heterocycles. The molecule has 2 aromatic heterocycles. The van der Waals surface area contributed by atoms with E-state index < -0.39 is 11.6 Å². The van der Waals surface area contributed by atoms with Crippen LogP contribution in [0.25, 0.3) is 11.4 Å². The van der Waals surface area contributed by atoms with E-state index in [1.54, 1.807) is 12.3 Å². The standard InChI is InChI=1S/C21H16F2N4O2S/c22-17-9-8-15(11-18(17)23)24-19(28)13-30-21-26-25-20(14-5-2-1-3-6-14)27(21)12-16-7-4-10-29-16/h1-11H,12-13H2,(H,24,28). The number of rotatable bonds is 7. The highest BCUT2D eigenvalue weighted by atomic mass is 32.2. The van der Waals surface area contributed by atoms with Crippen LogP contribution in [0.3, 0.4) is 0 Å². The lowest BCUT2D eigenvalue weighted by Crippen LogP contribution is -2.15. The Labute approximate surface area is 174 Å². The number of nitrogens with one attached hydrogen (secondary N) is 1. The number of hydrogen-bond donors (Lipinski definition) is 1. The number of halogens is 2. The second-order valence-corrected chi connectivity index (χ2v) is 7.25. The number of carbonyl (C=O) groups excluding carboxylic acids is 1. The van der Waals surface area contributed by atoms with Crippen LogP contribution >= 0.6 is 11.8 Å². The van der Waals surface area contributed by atoms with Crippen molar-refractivity contribution < 1.29 is 18.0 Å². The molecule has 0 saturated carbocycles. The van der Waals surface area contributed by atoms with Crippen molar-refractivity contribution in [1.82, 2.24) is 14.8 Å². The first-order valence-corrected chi connectivity index (χ1v) is 9.97. The van der Waals surface area contributed by atoms with Crippen LogP contribution in [-0.4, -0.2) is 26.4 Å². The van der Waals surface area contributed by atoms with Gasteiger partial charge in [0.2, 0.25) is 5.91 Å². The summed E-state index contributed by atoms with van der Waals surface area (Å²) in [5.41, 5.74) is 1.07. The molecule has 1 N–H and O–H groups in total. The molecule has 0 saturated heterocycles. The monoisotopic (exact) mass is 426 g/mol. The van der Waals surface area contributed by atoms with Crippen LogP contribution in [0.4, 0.5) is 14.5 Å². The van der Waals surface area contributed by atoms with E-state index in [0.29, 0.717) is 17.5 Å². The van der Waals surface area contributed by atoms with E-state index in [4.69, 9.17) is 4.42 Å². The highest BCUT2D eigenvalue weighted by molar-refractivity contribution is 7.99. The van der Waals surface area contributed by atoms with Crippen LogP contribution in [0.1, 0.15) is 5.76 Å². The van der Waals surface area contributed by atoms with Crippen LogP contribution in [0.15, 0.2) is 76.5 Å². The molecule has 30 heavy (non-hydrogen) atoms. The molecule has 0 bridgehead atoms. The van der Waals surface area contributed by atoms with E-state index >= 15 is 0 Å². The molecule has 152 valence electrons. The fourth-order valence-corrected chi connectivity index (χ4v) is 3.54. The Morgan fingerprint density at radius 1 is 1.03 bits per heavy atom. The van der Waals surface area contributed by atoms with Crippen LogP contribution in [0, 0.1) is 11.6 Å². The SMILES string of the molecule is O=C(CSc1nnc(-c2ccccc2)n1Cc1ccco1)Nc1ccc(F)c(F)c1. The van der Waals surface area contributed by atoms with Crippen molar-refractivity contribution in [3.05, 3.63) is 84.3 Å². The molecule has 0 spiro atoms. The van der Waals surface area contributed by atoms with Gasteiger partial charge in [-0.15, -0.1) is 10.2 Å². The summed E-state index contributed by atoms with van der Waals surface area (Å²) in [4.78, 5) is 12.3. The molecule has 0 atom stereocenters. The summed E-state index contributed by atoms with van der Waals surface area (Å²) in [7, 11) is 0. The number of aromatic nitrogens is 3. The maximum absolute atomic E-state index is 13.3. The van der Waals surface area contributed by atoms with Crippen molar-refractivity contribution >= 4 is 23.4 Å². The Balaban J connectivity index is 1.51. The Morgan fingerprint density at radius 3 is 2.60 bits per heavy atom. The van der Waals surface area contributed by atoms with Gasteiger partial charge in [0.25, 0.3) is 0 Å². The minimum Gasteiger partial charge on any atom is -0.467 e. The zero-order chi connectivity index (χ0) is 20.9. The van der Waals surface area contributed by atoms with Gasteiger partial charge in [-0.25, -0.2) is 8.78 Å². The van der Waals surface area contributed by atoms with E-state index in [2.05, 4.69) is 15.5 Å². The lowest BCUT2D eigenvalue weighted by Gasteiger charge is -2.09. The predicted molar refractivity (Wildman–Crippen MR) is 109 cm³/mol. The zero-order valence-electron chi connectivity index (χ0n) is 15.6. The number of hydrogen-bond acceptors (Lipinski definition) is 5. The molecule has 1 amide bonds. The topological polar surface area (TPSA) is 73.0 Å². The van der Waals surface area contributed by atoms with Crippen molar-refractivity contribution in [1.29, 1.82) is 0 Å². The third kappa shape index (κ3) is 4.57. The Kier molecular flexibility index (Phi) is 5.89. The summed E-state index contributed by atoms with van der Waals surface area (Å²) < 4.78 is 33.7. The predicted octanol–water partition coefficient (Wildman–Crippen LogP) is 4.60. The lowest BCUT2D eigenvalue weighted by atomic mass is 10.2. The lowest BCUT2D eigenvalue weighted by molar-refractivity contribution is -0.113. The molecule has 0 radical (unpaired) electrons. The van der Waals surface area contributed by atoms with Crippen LogP contribution in [0.5, 0.6) is 0 Å². The van der Waals surface area contributed by atoms with Gasteiger partial charge in [0.1, 0.15) is 5.76 Å². The van der Waals surface area contributed by atoms with Crippen molar-refractivity contribution in [3.63, 3.8) is 0 Å². The highest BCUT2D eigenvalue weighted by Gasteiger charge is 2.17. The molecule has 4 rings (SSSR count).